The molecule has 0 unspecified atom stereocenters. The van der Waals surface area contributed by atoms with Crippen molar-refractivity contribution in [3.05, 3.63) is 51.8 Å². The van der Waals surface area contributed by atoms with E-state index in [0.717, 1.165) is 74.7 Å². The summed E-state index contributed by atoms with van der Waals surface area (Å²) in [5.74, 6) is -0.985. The summed E-state index contributed by atoms with van der Waals surface area (Å²) < 4.78 is 25.6. The van der Waals surface area contributed by atoms with Crippen LogP contribution in [0.4, 0.5) is 5.69 Å². The van der Waals surface area contributed by atoms with Crippen molar-refractivity contribution in [2.45, 2.75) is 62.7 Å². The van der Waals surface area contributed by atoms with E-state index in [1.165, 1.54) is 28.5 Å². The lowest BCUT2D eigenvalue weighted by Gasteiger charge is -2.16. The van der Waals surface area contributed by atoms with Crippen LogP contribution in [0.2, 0.25) is 0 Å². The third kappa shape index (κ3) is 3.04. The van der Waals surface area contributed by atoms with Crippen molar-refractivity contribution < 1.29 is 13.2 Å². The van der Waals surface area contributed by atoms with E-state index >= 15 is 0 Å². The first kappa shape index (κ1) is 17.9. The van der Waals surface area contributed by atoms with E-state index in [9.17, 15) is 13.2 Å². The monoisotopic (exact) mass is 396 g/mol. The molecule has 0 aliphatic heterocycles. The molecule has 2 aromatic rings. The summed E-state index contributed by atoms with van der Waals surface area (Å²) in [4.78, 5) is 17.2. The highest BCUT2D eigenvalue weighted by atomic mass is 32.2. The maximum Gasteiger partial charge on any atom is 0.239 e. The van der Waals surface area contributed by atoms with Gasteiger partial charge >= 0.3 is 0 Å². The number of nitrogens with one attached hydrogen (secondary N) is 1. The summed E-state index contributed by atoms with van der Waals surface area (Å²) in [5.41, 5.74) is 7.95. The summed E-state index contributed by atoms with van der Waals surface area (Å²) in [6, 6.07) is 4.00. The fourth-order valence-corrected chi connectivity index (χ4v) is 6.09. The van der Waals surface area contributed by atoms with Crippen LogP contribution in [0, 0.1) is 0 Å². The summed E-state index contributed by atoms with van der Waals surface area (Å²) in [7, 11) is -3.70. The minimum absolute atomic E-state index is 0.159. The number of nitrogens with zero attached hydrogens (tertiary/aromatic N) is 1. The van der Waals surface area contributed by atoms with Gasteiger partial charge in [-0.1, -0.05) is 6.07 Å². The number of aryl methyl sites for hydroxylation is 4. The van der Waals surface area contributed by atoms with Crippen LogP contribution in [-0.4, -0.2) is 25.1 Å². The first-order valence-electron chi connectivity index (χ1n) is 10.2. The number of hydrogen-bond donors (Lipinski definition) is 1. The fraction of sp³-hybridized carbons (Fsp3) is 0.455. The number of sulfone groups is 1. The van der Waals surface area contributed by atoms with Gasteiger partial charge in [-0.25, -0.2) is 8.42 Å². The van der Waals surface area contributed by atoms with E-state index in [1.54, 1.807) is 6.07 Å². The zero-order valence-electron chi connectivity index (χ0n) is 15.9. The second kappa shape index (κ2) is 6.69. The number of rotatable bonds is 4. The van der Waals surface area contributed by atoms with Crippen molar-refractivity contribution in [3.63, 3.8) is 0 Å². The first-order valence-corrected chi connectivity index (χ1v) is 11.8. The van der Waals surface area contributed by atoms with Crippen molar-refractivity contribution in [1.29, 1.82) is 0 Å². The third-order valence-electron chi connectivity index (χ3n) is 6.31. The number of amides is 1. The van der Waals surface area contributed by atoms with E-state index in [2.05, 4.69) is 16.4 Å². The summed E-state index contributed by atoms with van der Waals surface area (Å²) in [6.45, 7) is 0. The molecule has 1 aromatic heterocycles. The van der Waals surface area contributed by atoms with E-state index in [0.29, 0.717) is 0 Å². The van der Waals surface area contributed by atoms with Gasteiger partial charge in [-0.05, 0) is 91.7 Å². The highest BCUT2D eigenvalue weighted by Crippen LogP contribution is 2.38. The summed E-state index contributed by atoms with van der Waals surface area (Å²) in [5, 5.41) is 2.98. The molecule has 3 aliphatic carbocycles. The Morgan fingerprint density at radius 3 is 2.25 bits per heavy atom. The molecule has 5 rings (SSSR count). The van der Waals surface area contributed by atoms with Gasteiger partial charge in [0.2, 0.25) is 5.91 Å². The minimum Gasteiger partial charge on any atom is -0.325 e. The maximum absolute atomic E-state index is 12.8. The largest absolute Gasteiger partial charge is 0.325 e. The number of carbonyl (C=O) groups is 1. The van der Waals surface area contributed by atoms with Crippen molar-refractivity contribution in [3.8, 4) is 0 Å². The number of fused-ring (bicyclic) bond motifs is 3. The molecule has 0 spiro atoms. The smallest absolute Gasteiger partial charge is 0.239 e. The lowest BCUT2D eigenvalue weighted by atomic mass is 9.98. The van der Waals surface area contributed by atoms with Crippen LogP contribution in [0.1, 0.15) is 52.8 Å². The van der Waals surface area contributed by atoms with Gasteiger partial charge in [0.25, 0.3) is 0 Å². The number of benzene rings is 1. The molecule has 0 radical (unpaired) electrons. The quantitative estimate of drug-likeness (QED) is 0.862. The van der Waals surface area contributed by atoms with E-state index in [1.807, 2.05) is 0 Å². The van der Waals surface area contributed by atoms with Crippen molar-refractivity contribution >= 4 is 21.4 Å². The highest BCUT2D eigenvalue weighted by Gasteiger charge is 2.27. The molecule has 146 valence electrons. The van der Waals surface area contributed by atoms with Gasteiger partial charge < -0.3 is 5.32 Å². The topological polar surface area (TPSA) is 76.1 Å². The average molecular weight is 397 g/mol. The second-order valence-corrected chi connectivity index (χ2v) is 10.2. The zero-order valence-corrected chi connectivity index (χ0v) is 16.7. The van der Waals surface area contributed by atoms with E-state index in [-0.39, 0.29) is 4.90 Å². The van der Waals surface area contributed by atoms with Crippen LogP contribution in [0.15, 0.2) is 23.2 Å². The summed E-state index contributed by atoms with van der Waals surface area (Å²) in [6.07, 6.45) is 10.4. The molecule has 6 heteroatoms. The number of carbonyl (C=O) groups excluding carboxylic acids is 1. The van der Waals surface area contributed by atoms with Gasteiger partial charge in [-0.3, -0.25) is 9.78 Å². The van der Waals surface area contributed by atoms with Gasteiger partial charge in [0.15, 0.2) is 9.84 Å². The van der Waals surface area contributed by atoms with Crippen molar-refractivity contribution in [1.82, 2.24) is 4.98 Å². The second-order valence-electron chi connectivity index (χ2n) is 8.17. The Morgan fingerprint density at radius 1 is 0.893 bits per heavy atom. The lowest BCUT2D eigenvalue weighted by molar-refractivity contribution is -0.113. The molecule has 0 saturated heterocycles. The molecule has 1 N–H and O–H groups in total. The predicted molar refractivity (Wildman–Crippen MR) is 107 cm³/mol. The molecule has 1 amide bonds. The Bertz CT molecular complexity index is 1060. The molecule has 0 saturated carbocycles. The van der Waals surface area contributed by atoms with Crippen LogP contribution in [0.25, 0.3) is 0 Å². The molecule has 0 bridgehead atoms. The normalized spacial score (nSPS) is 17.3. The molecular formula is C22H24N2O3S. The SMILES string of the molecule is O=C(CS(=O)(=O)c1cnc2c(c1)CCC2)Nc1c2c(cc3c1CCC3)CCC2. The van der Waals surface area contributed by atoms with Gasteiger partial charge in [-0.2, -0.15) is 0 Å². The number of hydrogen-bond acceptors (Lipinski definition) is 4. The van der Waals surface area contributed by atoms with Crippen LogP contribution >= 0.6 is 0 Å². The first-order chi connectivity index (χ1) is 13.5. The number of anilines is 1. The molecule has 1 aromatic carbocycles. The Kier molecular flexibility index (Phi) is 4.27. The fourth-order valence-electron chi connectivity index (χ4n) is 4.97. The van der Waals surface area contributed by atoms with Crippen LogP contribution in [0.5, 0.6) is 0 Å². The lowest BCUT2D eigenvalue weighted by Crippen LogP contribution is -2.24. The van der Waals surface area contributed by atoms with E-state index in [4.69, 9.17) is 0 Å². The van der Waals surface area contributed by atoms with Gasteiger partial charge in [0.1, 0.15) is 5.75 Å². The van der Waals surface area contributed by atoms with Crippen LogP contribution in [0.3, 0.4) is 0 Å². The Balaban J connectivity index is 1.40. The standard InChI is InChI=1S/C22H24N2O3S/c25-21(13-28(26,27)17-11-16-6-3-9-20(16)23-12-17)24-22-18-7-1-4-14(18)10-15-5-2-8-19(15)22/h10-12H,1-9,13H2,(H,24,25). The number of pyridine rings is 1. The van der Waals surface area contributed by atoms with Crippen molar-refractivity contribution in [2.24, 2.45) is 0 Å². The Labute approximate surface area is 165 Å². The van der Waals surface area contributed by atoms with Crippen LogP contribution < -0.4 is 5.32 Å². The van der Waals surface area contributed by atoms with Gasteiger partial charge in [0.05, 0.1) is 4.90 Å². The van der Waals surface area contributed by atoms with E-state index < -0.39 is 21.5 Å². The predicted octanol–water partition coefficient (Wildman–Crippen LogP) is 2.96. The highest BCUT2D eigenvalue weighted by molar-refractivity contribution is 7.92. The zero-order chi connectivity index (χ0) is 19.3. The average Bonchev–Trinajstić information content (AvgIpc) is 3.40. The van der Waals surface area contributed by atoms with Crippen LogP contribution in [-0.2, 0) is 53.2 Å². The third-order valence-corrected chi connectivity index (χ3v) is 7.90. The Hall–Kier alpha value is -2.21. The molecule has 28 heavy (non-hydrogen) atoms. The van der Waals surface area contributed by atoms with Crippen molar-refractivity contribution in [2.75, 3.05) is 11.1 Å². The van der Waals surface area contributed by atoms with Gasteiger partial charge in [-0.15, -0.1) is 0 Å². The molecule has 1 heterocycles. The summed E-state index contributed by atoms with van der Waals surface area (Å²) >= 11 is 0. The number of aromatic nitrogens is 1. The maximum atomic E-state index is 12.8. The molecule has 0 fully saturated rings. The molecule has 0 atom stereocenters. The molecular weight excluding hydrogens is 372 g/mol. The van der Waals surface area contributed by atoms with Gasteiger partial charge in [0, 0.05) is 17.6 Å². The Morgan fingerprint density at radius 2 is 1.54 bits per heavy atom. The molecule has 5 nitrogen and oxygen atoms in total. The minimum atomic E-state index is -3.70. The molecule has 3 aliphatic rings.